The topological polar surface area (TPSA) is 45.5 Å². The number of aliphatic hydroxyl groups is 1. The van der Waals surface area contributed by atoms with Crippen LogP contribution >= 0.6 is 0 Å². The summed E-state index contributed by atoms with van der Waals surface area (Å²) in [5, 5.41) is 11.6. The second-order valence-corrected chi connectivity index (χ2v) is 9.01. The number of hydrogen-bond acceptors (Lipinski definition) is 3. The van der Waals surface area contributed by atoms with Crippen LogP contribution in [0, 0.1) is 17.8 Å². The summed E-state index contributed by atoms with van der Waals surface area (Å²) in [7, 11) is 0. The maximum Gasteiger partial charge on any atom is 0.250 e. The zero-order chi connectivity index (χ0) is 22.0. The van der Waals surface area contributed by atoms with Crippen LogP contribution in [0.4, 0.5) is 0 Å². The molecule has 1 saturated heterocycles. The molecule has 2 aliphatic rings. The van der Waals surface area contributed by atoms with Gasteiger partial charge in [-0.15, -0.1) is 0 Å². The minimum absolute atomic E-state index is 0.117. The van der Waals surface area contributed by atoms with Gasteiger partial charge in [0.2, 0.25) is 0 Å². The van der Waals surface area contributed by atoms with Crippen molar-refractivity contribution in [1.29, 1.82) is 0 Å². The first-order valence-electron chi connectivity index (χ1n) is 11.3. The van der Waals surface area contributed by atoms with E-state index < -0.39 is 5.60 Å². The Morgan fingerprint density at radius 2 is 1.53 bits per heavy atom. The molecule has 2 atom stereocenters. The van der Waals surface area contributed by atoms with Crippen LogP contribution in [0.1, 0.15) is 35.6 Å². The van der Waals surface area contributed by atoms with Crippen molar-refractivity contribution in [3.8, 4) is 11.8 Å². The van der Waals surface area contributed by atoms with Crippen molar-refractivity contribution in [2.24, 2.45) is 5.92 Å². The second-order valence-electron chi connectivity index (χ2n) is 9.01. The van der Waals surface area contributed by atoms with Crippen molar-refractivity contribution in [3.63, 3.8) is 0 Å². The molecular formula is C28H28N2O2. The molecule has 4 heteroatoms. The molecule has 2 aromatic carbocycles. The molecule has 1 N–H and O–H groups in total. The van der Waals surface area contributed by atoms with Crippen molar-refractivity contribution >= 4 is 0 Å². The highest BCUT2D eigenvalue weighted by Crippen LogP contribution is 2.35. The van der Waals surface area contributed by atoms with Crippen LogP contribution < -0.4 is 5.56 Å². The van der Waals surface area contributed by atoms with Gasteiger partial charge in [-0.1, -0.05) is 78.6 Å². The molecule has 0 amide bonds. The predicted molar refractivity (Wildman–Crippen MR) is 126 cm³/mol. The number of nitrogens with zero attached hydrogens (tertiary/aromatic N) is 2. The molecule has 1 fully saturated rings. The van der Waals surface area contributed by atoms with Crippen LogP contribution in [0.15, 0.2) is 83.7 Å². The van der Waals surface area contributed by atoms with Gasteiger partial charge in [0.05, 0.1) is 6.54 Å². The van der Waals surface area contributed by atoms with Gasteiger partial charge in [-0.05, 0) is 29.5 Å². The molecule has 4 nitrogen and oxygen atoms in total. The monoisotopic (exact) mass is 424 g/mol. The summed E-state index contributed by atoms with van der Waals surface area (Å²) < 4.78 is 1.96. The molecule has 3 heterocycles. The van der Waals surface area contributed by atoms with Crippen molar-refractivity contribution < 1.29 is 5.11 Å². The van der Waals surface area contributed by atoms with E-state index in [1.807, 2.05) is 71.3 Å². The SMILES string of the molecule is O=c1cccc2n1CC1CC2CN(CC#CCC(O)(c2ccccc2)c2ccccc2)C1. The normalized spacial score (nSPS) is 20.2. The van der Waals surface area contributed by atoms with Crippen molar-refractivity contribution in [1.82, 2.24) is 9.47 Å². The van der Waals surface area contributed by atoms with Crippen LogP contribution in [0.3, 0.4) is 0 Å². The molecule has 32 heavy (non-hydrogen) atoms. The smallest absolute Gasteiger partial charge is 0.250 e. The summed E-state index contributed by atoms with van der Waals surface area (Å²) in [5.74, 6) is 7.48. The standard InChI is InChI=1S/C28H28N2O2/c31-27-15-9-14-26-23-18-22(20-30(26)27)19-29(21-23)17-8-7-16-28(32,24-10-3-1-4-11-24)25-12-5-2-6-13-25/h1-6,9-15,22-23,32H,16-21H2. The zero-order valence-corrected chi connectivity index (χ0v) is 18.2. The van der Waals surface area contributed by atoms with E-state index >= 15 is 0 Å². The Morgan fingerprint density at radius 1 is 0.844 bits per heavy atom. The lowest BCUT2D eigenvalue weighted by Gasteiger charge is -2.42. The first-order valence-corrected chi connectivity index (χ1v) is 11.3. The number of pyridine rings is 1. The number of fused-ring (bicyclic) bond motifs is 4. The quantitative estimate of drug-likeness (QED) is 0.651. The maximum atomic E-state index is 12.2. The third kappa shape index (κ3) is 4.02. The van der Waals surface area contributed by atoms with Gasteiger partial charge in [0.1, 0.15) is 5.60 Å². The van der Waals surface area contributed by atoms with Gasteiger partial charge in [-0.3, -0.25) is 9.69 Å². The van der Waals surface area contributed by atoms with Gasteiger partial charge in [0.15, 0.2) is 0 Å². The summed E-state index contributed by atoms with van der Waals surface area (Å²) in [6.45, 7) is 3.38. The molecule has 2 aliphatic heterocycles. The van der Waals surface area contributed by atoms with Gasteiger partial charge in [-0.2, -0.15) is 0 Å². The Balaban J connectivity index is 1.31. The average Bonchev–Trinajstić information content (AvgIpc) is 2.83. The van der Waals surface area contributed by atoms with Crippen LogP contribution in [0.5, 0.6) is 0 Å². The van der Waals surface area contributed by atoms with Gasteiger partial charge < -0.3 is 9.67 Å². The van der Waals surface area contributed by atoms with E-state index in [0.717, 1.165) is 42.9 Å². The first-order chi connectivity index (χ1) is 15.6. The lowest BCUT2D eigenvalue weighted by molar-refractivity contribution is 0.0864. The van der Waals surface area contributed by atoms with E-state index in [4.69, 9.17) is 0 Å². The van der Waals surface area contributed by atoms with E-state index in [2.05, 4.69) is 22.8 Å². The fourth-order valence-corrected chi connectivity index (χ4v) is 5.28. The van der Waals surface area contributed by atoms with Gasteiger partial charge in [-0.25, -0.2) is 0 Å². The molecule has 3 aromatic rings. The fourth-order valence-electron chi connectivity index (χ4n) is 5.28. The molecular weight excluding hydrogens is 396 g/mol. The van der Waals surface area contributed by atoms with E-state index in [9.17, 15) is 9.90 Å². The molecule has 162 valence electrons. The highest BCUT2D eigenvalue weighted by atomic mass is 16.3. The minimum atomic E-state index is -1.13. The Hall–Kier alpha value is -3.13. The highest BCUT2D eigenvalue weighted by Gasteiger charge is 2.34. The summed E-state index contributed by atoms with van der Waals surface area (Å²) in [4.78, 5) is 14.6. The van der Waals surface area contributed by atoms with E-state index in [1.165, 1.54) is 0 Å². The maximum absolute atomic E-state index is 12.2. The molecule has 2 unspecified atom stereocenters. The Kier molecular flexibility index (Phi) is 5.70. The molecule has 5 rings (SSSR count). The molecule has 2 bridgehead atoms. The molecule has 1 aromatic heterocycles. The number of likely N-dealkylation sites (tertiary alicyclic amines) is 1. The van der Waals surface area contributed by atoms with Gasteiger partial charge in [0.25, 0.3) is 5.56 Å². The van der Waals surface area contributed by atoms with Crippen molar-refractivity contribution in [2.45, 2.75) is 30.9 Å². The zero-order valence-electron chi connectivity index (χ0n) is 18.2. The van der Waals surface area contributed by atoms with Gasteiger partial charge >= 0.3 is 0 Å². The third-order valence-corrected chi connectivity index (χ3v) is 6.83. The van der Waals surface area contributed by atoms with E-state index in [1.54, 1.807) is 6.07 Å². The largest absolute Gasteiger partial charge is 0.379 e. The number of rotatable bonds is 4. The molecule has 0 spiro atoms. The summed E-state index contributed by atoms with van der Waals surface area (Å²) in [6.07, 6.45) is 1.50. The van der Waals surface area contributed by atoms with Gasteiger partial charge in [0, 0.05) is 43.7 Å². The minimum Gasteiger partial charge on any atom is -0.379 e. The summed E-state index contributed by atoms with van der Waals surface area (Å²) in [5.41, 5.74) is 1.86. The number of benzene rings is 2. The first kappa shape index (κ1) is 20.8. The Bertz CT molecular complexity index is 1150. The Labute approximate surface area is 189 Å². The second kappa shape index (κ2) is 8.78. The summed E-state index contributed by atoms with van der Waals surface area (Å²) >= 11 is 0. The van der Waals surface area contributed by atoms with Crippen molar-refractivity contribution in [2.75, 3.05) is 19.6 Å². The van der Waals surface area contributed by atoms with E-state index in [0.29, 0.717) is 24.8 Å². The average molecular weight is 425 g/mol. The fraction of sp³-hybridized carbons (Fsp3) is 0.321. The van der Waals surface area contributed by atoms with Crippen LogP contribution in [-0.4, -0.2) is 34.2 Å². The number of hydrogen-bond donors (Lipinski definition) is 1. The molecule has 0 radical (unpaired) electrons. The highest BCUT2D eigenvalue weighted by molar-refractivity contribution is 5.37. The third-order valence-electron chi connectivity index (χ3n) is 6.83. The number of aromatic nitrogens is 1. The molecule has 0 aliphatic carbocycles. The van der Waals surface area contributed by atoms with E-state index in [-0.39, 0.29) is 5.56 Å². The van der Waals surface area contributed by atoms with Crippen LogP contribution in [0.2, 0.25) is 0 Å². The van der Waals surface area contributed by atoms with Crippen LogP contribution in [0.25, 0.3) is 0 Å². The van der Waals surface area contributed by atoms with Crippen molar-refractivity contribution in [3.05, 3.63) is 106 Å². The Morgan fingerprint density at radius 3 is 2.22 bits per heavy atom. The predicted octanol–water partition coefficient (Wildman–Crippen LogP) is 3.60. The molecule has 0 saturated carbocycles. The number of piperidine rings is 1. The lowest BCUT2D eigenvalue weighted by atomic mass is 9.83. The summed E-state index contributed by atoms with van der Waals surface area (Å²) in [6, 6.07) is 25.2. The van der Waals surface area contributed by atoms with Crippen LogP contribution in [-0.2, 0) is 12.1 Å². The lowest BCUT2D eigenvalue weighted by Crippen LogP contribution is -2.47.